The summed E-state index contributed by atoms with van der Waals surface area (Å²) in [5, 5.41) is 23.1. The smallest absolute Gasteiger partial charge is 0.336 e. The van der Waals surface area contributed by atoms with Crippen molar-refractivity contribution in [2.75, 3.05) is 5.32 Å². The molecule has 0 spiro atoms. The standard InChI is InChI=1S/C30H26N4O4/c1-18(19-7-3-2-4-8-19)33-28(35)21-13-16-24(26(17-21)30(37)38)23-9-5-6-10-25(23)29(36)34-22-14-11-20(12-15-22)27(31)32/h2-18H,1H3,(H3,31,32)(H,33,35)(H,34,36)(H,37,38). The number of amidine groups is 1. The summed E-state index contributed by atoms with van der Waals surface area (Å²) in [5.74, 6) is -2.15. The zero-order valence-corrected chi connectivity index (χ0v) is 20.6. The second-order valence-electron chi connectivity index (χ2n) is 8.66. The Kier molecular flexibility index (Phi) is 7.63. The molecule has 0 aromatic heterocycles. The van der Waals surface area contributed by atoms with Gasteiger partial charge in [-0.05, 0) is 66.1 Å². The van der Waals surface area contributed by atoms with E-state index in [0.717, 1.165) is 5.56 Å². The zero-order valence-electron chi connectivity index (χ0n) is 20.6. The molecule has 0 heterocycles. The fourth-order valence-electron chi connectivity index (χ4n) is 4.05. The minimum Gasteiger partial charge on any atom is -0.478 e. The van der Waals surface area contributed by atoms with Crippen LogP contribution in [0.5, 0.6) is 0 Å². The number of carboxylic acids is 1. The molecule has 190 valence electrons. The predicted octanol–water partition coefficient (Wildman–Crippen LogP) is 5.08. The van der Waals surface area contributed by atoms with Crippen LogP contribution in [0.4, 0.5) is 5.69 Å². The van der Waals surface area contributed by atoms with Crippen LogP contribution in [0.15, 0.2) is 97.1 Å². The third-order valence-corrected chi connectivity index (χ3v) is 6.07. The highest BCUT2D eigenvalue weighted by molar-refractivity contribution is 6.11. The largest absolute Gasteiger partial charge is 0.478 e. The summed E-state index contributed by atoms with van der Waals surface area (Å²) in [6, 6.07) is 26.7. The number of anilines is 1. The molecule has 4 aromatic rings. The lowest BCUT2D eigenvalue weighted by molar-refractivity contribution is 0.0697. The summed E-state index contributed by atoms with van der Waals surface area (Å²) in [6.07, 6.45) is 0. The van der Waals surface area contributed by atoms with E-state index in [0.29, 0.717) is 22.4 Å². The first kappa shape index (κ1) is 25.8. The van der Waals surface area contributed by atoms with Gasteiger partial charge in [0.2, 0.25) is 0 Å². The minimum absolute atomic E-state index is 0.0823. The van der Waals surface area contributed by atoms with Crippen LogP contribution in [-0.4, -0.2) is 28.7 Å². The highest BCUT2D eigenvalue weighted by atomic mass is 16.4. The summed E-state index contributed by atoms with van der Waals surface area (Å²) < 4.78 is 0. The van der Waals surface area contributed by atoms with Crippen LogP contribution in [0, 0.1) is 5.41 Å². The van der Waals surface area contributed by atoms with E-state index in [2.05, 4.69) is 10.6 Å². The van der Waals surface area contributed by atoms with E-state index in [1.165, 1.54) is 6.07 Å². The molecule has 4 aromatic carbocycles. The number of nitrogen functional groups attached to an aromatic ring is 1. The highest BCUT2D eigenvalue weighted by Crippen LogP contribution is 2.29. The first-order valence-corrected chi connectivity index (χ1v) is 11.8. The number of carbonyl (C=O) groups excluding carboxylic acids is 2. The number of aromatic carboxylic acids is 1. The maximum atomic E-state index is 13.1. The first-order chi connectivity index (χ1) is 18.2. The van der Waals surface area contributed by atoms with Crippen LogP contribution in [0.25, 0.3) is 11.1 Å². The summed E-state index contributed by atoms with van der Waals surface area (Å²) in [5.41, 5.74) is 8.50. The van der Waals surface area contributed by atoms with Crippen LogP contribution in [0.3, 0.4) is 0 Å². The Morgan fingerprint density at radius 3 is 2.03 bits per heavy atom. The van der Waals surface area contributed by atoms with Gasteiger partial charge in [0.05, 0.1) is 11.6 Å². The number of benzene rings is 4. The van der Waals surface area contributed by atoms with Gasteiger partial charge in [-0.15, -0.1) is 0 Å². The molecule has 0 saturated heterocycles. The van der Waals surface area contributed by atoms with Crippen LogP contribution in [0.1, 0.15) is 55.2 Å². The molecule has 6 N–H and O–H groups in total. The molecule has 0 aliphatic carbocycles. The Balaban J connectivity index is 1.62. The molecule has 1 atom stereocenters. The van der Waals surface area contributed by atoms with Crippen LogP contribution >= 0.6 is 0 Å². The van der Waals surface area contributed by atoms with Gasteiger partial charge in [-0.3, -0.25) is 15.0 Å². The number of rotatable bonds is 8. The zero-order chi connectivity index (χ0) is 27.2. The predicted molar refractivity (Wildman–Crippen MR) is 147 cm³/mol. The molecule has 4 rings (SSSR count). The Bertz CT molecular complexity index is 1520. The fourth-order valence-corrected chi connectivity index (χ4v) is 4.05. The van der Waals surface area contributed by atoms with E-state index in [-0.39, 0.29) is 28.6 Å². The van der Waals surface area contributed by atoms with E-state index in [9.17, 15) is 19.5 Å². The molecule has 0 fully saturated rings. The molecule has 1 unspecified atom stereocenters. The van der Waals surface area contributed by atoms with E-state index in [4.69, 9.17) is 11.1 Å². The van der Waals surface area contributed by atoms with Gasteiger partial charge in [0.25, 0.3) is 11.8 Å². The minimum atomic E-state index is -1.22. The SMILES string of the molecule is CC(NC(=O)c1ccc(-c2ccccc2C(=O)Nc2ccc(C(=N)N)cc2)c(C(=O)O)c1)c1ccccc1. The molecule has 2 amide bonds. The van der Waals surface area contributed by atoms with Crippen molar-refractivity contribution in [3.8, 4) is 11.1 Å². The third-order valence-electron chi connectivity index (χ3n) is 6.07. The fraction of sp³-hybridized carbons (Fsp3) is 0.0667. The van der Waals surface area contributed by atoms with Crippen LogP contribution in [-0.2, 0) is 0 Å². The summed E-state index contributed by atoms with van der Waals surface area (Å²) in [4.78, 5) is 38.3. The van der Waals surface area contributed by atoms with Crippen molar-refractivity contribution in [2.45, 2.75) is 13.0 Å². The molecular formula is C30H26N4O4. The third kappa shape index (κ3) is 5.76. The van der Waals surface area contributed by atoms with Gasteiger partial charge in [-0.25, -0.2) is 4.79 Å². The lowest BCUT2D eigenvalue weighted by Crippen LogP contribution is -2.26. The summed E-state index contributed by atoms with van der Waals surface area (Å²) in [6.45, 7) is 1.85. The van der Waals surface area contributed by atoms with Crippen molar-refractivity contribution < 1.29 is 19.5 Å². The van der Waals surface area contributed by atoms with Crippen molar-refractivity contribution in [1.82, 2.24) is 5.32 Å². The van der Waals surface area contributed by atoms with Crippen molar-refractivity contribution >= 4 is 29.3 Å². The monoisotopic (exact) mass is 506 g/mol. The van der Waals surface area contributed by atoms with Gasteiger partial charge in [0.1, 0.15) is 5.84 Å². The number of nitrogens with two attached hydrogens (primary N) is 1. The molecule has 0 aliphatic heterocycles. The van der Waals surface area contributed by atoms with Gasteiger partial charge >= 0.3 is 5.97 Å². The van der Waals surface area contributed by atoms with E-state index < -0.39 is 17.8 Å². The number of carboxylic acid groups (broad SMARTS) is 1. The van der Waals surface area contributed by atoms with Gasteiger partial charge in [-0.2, -0.15) is 0 Å². The van der Waals surface area contributed by atoms with E-state index >= 15 is 0 Å². The molecular weight excluding hydrogens is 480 g/mol. The van der Waals surface area contributed by atoms with Gasteiger partial charge in [-0.1, -0.05) is 54.6 Å². The Morgan fingerprint density at radius 2 is 1.37 bits per heavy atom. The average molecular weight is 507 g/mol. The molecule has 0 bridgehead atoms. The van der Waals surface area contributed by atoms with Crippen molar-refractivity contribution in [2.24, 2.45) is 5.73 Å². The maximum Gasteiger partial charge on any atom is 0.336 e. The average Bonchev–Trinajstić information content (AvgIpc) is 2.93. The topological polar surface area (TPSA) is 145 Å². The number of hydrogen-bond donors (Lipinski definition) is 5. The lowest BCUT2D eigenvalue weighted by atomic mass is 9.93. The second-order valence-corrected chi connectivity index (χ2v) is 8.66. The summed E-state index contributed by atoms with van der Waals surface area (Å²) in [7, 11) is 0. The highest BCUT2D eigenvalue weighted by Gasteiger charge is 2.21. The number of hydrogen-bond acceptors (Lipinski definition) is 4. The molecule has 8 nitrogen and oxygen atoms in total. The van der Waals surface area contributed by atoms with Crippen molar-refractivity contribution in [3.63, 3.8) is 0 Å². The Morgan fingerprint density at radius 1 is 0.763 bits per heavy atom. The molecule has 0 radical (unpaired) electrons. The Labute approximate surface area is 219 Å². The molecule has 8 heteroatoms. The quantitative estimate of drug-likeness (QED) is 0.167. The normalized spacial score (nSPS) is 11.3. The second kappa shape index (κ2) is 11.2. The Hall–Kier alpha value is -5.24. The van der Waals surface area contributed by atoms with Crippen LogP contribution in [0.2, 0.25) is 0 Å². The lowest BCUT2D eigenvalue weighted by Gasteiger charge is -2.16. The number of nitrogens with one attached hydrogen (secondary N) is 3. The van der Waals surface area contributed by atoms with Crippen molar-refractivity contribution in [1.29, 1.82) is 5.41 Å². The van der Waals surface area contributed by atoms with Gasteiger partial charge in [0, 0.05) is 22.4 Å². The van der Waals surface area contributed by atoms with E-state index in [1.54, 1.807) is 60.7 Å². The van der Waals surface area contributed by atoms with Crippen LogP contribution < -0.4 is 16.4 Å². The molecule has 0 saturated carbocycles. The van der Waals surface area contributed by atoms with Crippen molar-refractivity contribution in [3.05, 3.63) is 125 Å². The maximum absolute atomic E-state index is 13.1. The molecule has 38 heavy (non-hydrogen) atoms. The van der Waals surface area contributed by atoms with Gasteiger partial charge < -0.3 is 21.5 Å². The summed E-state index contributed by atoms with van der Waals surface area (Å²) >= 11 is 0. The first-order valence-electron chi connectivity index (χ1n) is 11.8. The van der Waals surface area contributed by atoms with Gasteiger partial charge in [0.15, 0.2) is 0 Å². The number of amides is 2. The molecule has 0 aliphatic rings. The number of carbonyl (C=O) groups is 3. The van der Waals surface area contributed by atoms with E-state index in [1.807, 2.05) is 37.3 Å².